The molecule has 14 nitrogen and oxygen atoms in total. The number of urea groups is 1. The minimum Gasteiger partial charge on any atom is -0.543 e. The average molecular weight is 565 g/mol. The second-order valence-corrected chi connectivity index (χ2v) is 10.8. The van der Waals surface area contributed by atoms with E-state index in [1.54, 1.807) is 29.9 Å². The highest BCUT2D eigenvalue weighted by atomic mass is 32.2. The number of carboxylic acids is 1. The summed E-state index contributed by atoms with van der Waals surface area (Å²) in [5.74, 6) is -2.62. The fourth-order valence-corrected chi connectivity index (χ4v) is 7.15. The van der Waals surface area contributed by atoms with Crippen molar-refractivity contribution in [3.8, 4) is 0 Å². The molecule has 4 heterocycles. The van der Waals surface area contributed by atoms with Crippen LogP contribution in [0.2, 0.25) is 0 Å². The maximum absolute atomic E-state index is 12.8. The number of nitrogens with one attached hydrogen (secondary N) is 2. The van der Waals surface area contributed by atoms with Crippen LogP contribution in [0.25, 0.3) is 0 Å². The molecule has 0 saturated carbocycles. The van der Waals surface area contributed by atoms with Crippen LogP contribution in [0.3, 0.4) is 0 Å². The minimum absolute atomic E-state index is 0.0131. The molecule has 2 aliphatic rings. The lowest BCUT2D eigenvalue weighted by Crippen LogP contribution is -2.62. The van der Waals surface area contributed by atoms with E-state index in [4.69, 9.17) is 11.5 Å². The van der Waals surface area contributed by atoms with Gasteiger partial charge in [0, 0.05) is 33.7 Å². The molecule has 0 spiro atoms. The predicted molar refractivity (Wildman–Crippen MR) is 133 cm³/mol. The van der Waals surface area contributed by atoms with Crippen LogP contribution in [0, 0.1) is 0 Å². The van der Waals surface area contributed by atoms with Gasteiger partial charge in [-0.2, -0.15) is 0 Å². The van der Waals surface area contributed by atoms with Crippen molar-refractivity contribution < 1.29 is 33.8 Å². The van der Waals surface area contributed by atoms with E-state index in [0.29, 0.717) is 10.6 Å². The molecule has 4 rings (SSSR count). The van der Waals surface area contributed by atoms with Gasteiger partial charge in [-0.25, -0.2) is 9.78 Å². The molecule has 1 unspecified atom stereocenters. The number of aromatic nitrogens is 2. The van der Waals surface area contributed by atoms with Gasteiger partial charge in [0.05, 0.1) is 29.2 Å². The van der Waals surface area contributed by atoms with Crippen molar-refractivity contribution in [1.82, 2.24) is 15.2 Å². The molecule has 17 heteroatoms. The third-order valence-corrected chi connectivity index (χ3v) is 8.52. The quantitative estimate of drug-likeness (QED) is 0.0924. The van der Waals surface area contributed by atoms with Crippen LogP contribution in [0.15, 0.2) is 51.2 Å². The number of hydrogen-bond donors (Lipinski definition) is 4. The van der Waals surface area contributed by atoms with Crippen LogP contribution in [-0.2, 0) is 24.1 Å². The molecule has 2 atom stereocenters. The molecule has 194 valence electrons. The number of aliphatic carboxylic acids is 1. The second-order valence-electron chi connectivity index (χ2n) is 7.52. The van der Waals surface area contributed by atoms with E-state index in [1.807, 2.05) is 0 Å². The van der Waals surface area contributed by atoms with E-state index < -0.39 is 28.2 Å². The van der Waals surface area contributed by atoms with Crippen LogP contribution in [0.1, 0.15) is 12.1 Å². The lowest BCUT2D eigenvalue weighted by molar-refractivity contribution is -0.641. The van der Waals surface area contributed by atoms with Gasteiger partial charge in [0.15, 0.2) is 10.0 Å². The van der Waals surface area contributed by atoms with E-state index in [0.717, 1.165) is 22.5 Å². The van der Waals surface area contributed by atoms with E-state index in [2.05, 4.69) is 25.7 Å². The summed E-state index contributed by atoms with van der Waals surface area (Å²) >= 11 is 3.51. The Morgan fingerprint density at radius 1 is 1.43 bits per heavy atom. The zero-order valence-corrected chi connectivity index (χ0v) is 21.5. The molecular formula is C20H20N8O6S3. The summed E-state index contributed by atoms with van der Waals surface area (Å²) in [4.78, 5) is 58.0. The summed E-state index contributed by atoms with van der Waals surface area (Å²) in [5, 5.41) is 19.9. The van der Waals surface area contributed by atoms with Crippen LogP contribution in [0.4, 0.5) is 9.93 Å². The first-order valence-corrected chi connectivity index (χ1v) is 13.1. The lowest BCUT2D eigenvalue weighted by Gasteiger charge is -2.52. The van der Waals surface area contributed by atoms with E-state index in [9.17, 15) is 24.3 Å². The first-order chi connectivity index (χ1) is 17.6. The van der Waals surface area contributed by atoms with E-state index in [-0.39, 0.29) is 34.5 Å². The van der Waals surface area contributed by atoms with Crippen LogP contribution in [-0.4, -0.2) is 58.1 Å². The number of amides is 4. The van der Waals surface area contributed by atoms with E-state index in [1.165, 1.54) is 35.3 Å². The molecule has 1 saturated heterocycles. The van der Waals surface area contributed by atoms with Gasteiger partial charge in [-0.05, 0) is 0 Å². The Morgan fingerprint density at radius 3 is 2.73 bits per heavy atom. The van der Waals surface area contributed by atoms with Crippen molar-refractivity contribution in [2.75, 3.05) is 24.0 Å². The molecule has 37 heavy (non-hydrogen) atoms. The normalized spacial score (nSPS) is 20.8. The van der Waals surface area contributed by atoms with Gasteiger partial charge in [-0.1, -0.05) is 21.6 Å². The Hall–Kier alpha value is -3.83. The Kier molecular flexibility index (Phi) is 7.55. The van der Waals surface area contributed by atoms with Crippen molar-refractivity contribution in [2.45, 2.75) is 21.6 Å². The Balaban J connectivity index is 1.79. The van der Waals surface area contributed by atoms with Gasteiger partial charge in [-0.15, -0.1) is 28.5 Å². The zero-order valence-electron chi connectivity index (χ0n) is 19.1. The molecule has 0 aliphatic carbocycles. The first-order valence-electron chi connectivity index (χ1n) is 10.4. The molecule has 1 fully saturated rings. The number of nitrogens with two attached hydrogens (primary N) is 2. The van der Waals surface area contributed by atoms with Crippen molar-refractivity contribution in [3.05, 3.63) is 46.9 Å². The van der Waals surface area contributed by atoms with Gasteiger partial charge in [0.2, 0.25) is 18.3 Å². The highest BCUT2D eigenvalue weighted by molar-refractivity contribution is 8.01. The molecule has 0 bridgehead atoms. The van der Waals surface area contributed by atoms with Gasteiger partial charge in [0.1, 0.15) is 13.3 Å². The van der Waals surface area contributed by atoms with Gasteiger partial charge < -0.3 is 31.5 Å². The number of carbonyl (C=O) groups excluding carboxylic acids is 4. The van der Waals surface area contributed by atoms with Crippen LogP contribution in [0.5, 0.6) is 0 Å². The second kappa shape index (κ2) is 10.7. The number of nitrogen functional groups attached to an aromatic ring is 1. The fraction of sp³-hybridized carbons (Fsp3) is 0.250. The first kappa shape index (κ1) is 26.2. The van der Waals surface area contributed by atoms with Gasteiger partial charge in [0.25, 0.3) is 5.91 Å². The number of hydrogen-bond acceptors (Lipinski definition) is 12. The topological polar surface area (TPSA) is 209 Å². The number of β-lactam (4-membered cyclic amide) rings is 1. The summed E-state index contributed by atoms with van der Waals surface area (Å²) in [7, 11) is 1.27. The standard InChI is InChI=1S/C20H20N8O6S3/c1-34-23-7-13(29)25-20(12-9-36-19(22)24-12)11(16(17(31)32)28-14(30)6-15(28)37-20)8-35-10-2-4-27(5-3-10)26-18(21)33/h2-5,7,9,15H,6,8H2,1H3,(H6-,21,22,24,25,26,29,31,32,33)/b23-7-/t15-,20?/m0/s1. The monoisotopic (exact) mass is 564 g/mol. The number of carboxylic acid groups (broad SMARTS) is 1. The van der Waals surface area contributed by atoms with Crippen molar-refractivity contribution >= 4 is 70.0 Å². The number of pyridine rings is 1. The van der Waals surface area contributed by atoms with Crippen LogP contribution >= 0.6 is 34.9 Å². The number of fused-ring (bicyclic) bond motifs is 1. The summed E-state index contributed by atoms with van der Waals surface area (Å²) in [5.41, 5.74) is 13.5. The predicted octanol–water partition coefficient (Wildman–Crippen LogP) is -1.36. The molecule has 0 radical (unpaired) electrons. The number of rotatable bonds is 9. The third-order valence-electron chi connectivity index (χ3n) is 5.24. The SMILES string of the molecule is CO/N=C\C(=O)NC1(c2csc(N)n2)S[C@H]2CC(=O)N2C(C(=O)[O-])=C1CSc1cc[n+](NC(N)=O)cc1. The summed E-state index contributed by atoms with van der Waals surface area (Å²) < 4.78 is 1.34. The summed E-state index contributed by atoms with van der Waals surface area (Å²) in [6.07, 6.45) is 4.06. The number of thioether (sulfide) groups is 2. The number of primary amides is 1. The molecular weight excluding hydrogens is 544 g/mol. The molecule has 2 aliphatic heterocycles. The Bertz CT molecular complexity index is 1310. The maximum Gasteiger partial charge on any atom is 0.365 e. The summed E-state index contributed by atoms with van der Waals surface area (Å²) in [6, 6.07) is 2.58. The Labute approximate surface area is 222 Å². The highest BCUT2D eigenvalue weighted by Crippen LogP contribution is 2.54. The molecule has 0 aromatic carbocycles. The number of carbonyl (C=O) groups is 4. The largest absolute Gasteiger partial charge is 0.543 e. The summed E-state index contributed by atoms with van der Waals surface area (Å²) in [6.45, 7) is 0. The smallest absolute Gasteiger partial charge is 0.365 e. The molecule has 6 N–H and O–H groups in total. The van der Waals surface area contributed by atoms with Crippen molar-refractivity contribution in [3.63, 3.8) is 0 Å². The number of nitrogens with zero attached hydrogens (tertiary/aromatic N) is 4. The number of oxime groups is 1. The fourth-order valence-electron chi connectivity index (χ4n) is 3.73. The third kappa shape index (κ3) is 5.32. The van der Waals surface area contributed by atoms with Gasteiger partial charge in [-0.3, -0.25) is 14.5 Å². The van der Waals surface area contributed by atoms with E-state index >= 15 is 0 Å². The lowest BCUT2D eigenvalue weighted by atomic mass is 9.98. The highest BCUT2D eigenvalue weighted by Gasteiger charge is 2.55. The zero-order chi connectivity index (χ0) is 26.7. The molecule has 2 aromatic rings. The average Bonchev–Trinajstić information content (AvgIpc) is 3.28. The van der Waals surface area contributed by atoms with Crippen LogP contribution < -0.4 is 32.0 Å². The number of thiazole rings is 1. The number of anilines is 1. The minimum atomic E-state index is -1.57. The molecule has 4 amide bonds. The van der Waals surface area contributed by atoms with Gasteiger partial charge >= 0.3 is 6.03 Å². The Morgan fingerprint density at radius 2 is 2.16 bits per heavy atom. The molecule has 2 aromatic heterocycles. The van der Waals surface area contributed by atoms with Crippen molar-refractivity contribution in [2.24, 2.45) is 10.9 Å². The maximum atomic E-state index is 12.8. The van der Waals surface area contributed by atoms with Crippen molar-refractivity contribution in [1.29, 1.82) is 0 Å².